The van der Waals surface area contributed by atoms with E-state index < -0.39 is 41.8 Å². The summed E-state index contributed by atoms with van der Waals surface area (Å²) in [6, 6.07) is 12.0. The van der Waals surface area contributed by atoms with Gasteiger partial charge in [-0.15, -0.1) is 0 Å². The molecule has 3 atom stereocenters. The first-order valence-electron chi connectivity index (χ1n) is 11.6. The topological polar surface area (TPSA) is 96.0 Å². The second-order valence-corrected chi connectivity index (χ2v) is 7.98. The van der Waals surface area contributed by atoms with Gasteiger partial charge in [0.15, 0.2) is 34.9 Å². The van der Waals surface area contributed by atoms with E-state index in [0.29, 0.717) is 11.3 Å². The number of ether oxygens (including phenoxy) is 4. The number of halogens is 2. The third kappa shape index (κ3) is 6.93. The Morgan fingerprint density at radius 1 is 1.03 bits per heavy atom. The molecule has 3 rings (SSSR count). The standard InChI is InChI=1S/C27H28F2N2O6/c1-5-35-25-21(34-4)13-14-30-23(25)26(32)31-16(2)27(33)36-17(3)24(18-9-7-6-8-10-18)37-22-15-19(28)11-12-20(22)29/h6-17,24H,5H2,1-4H3,(H,31,32)/t16-,17-,24-/m0/s1. The highest BCUT2D eigenvalue weighted by Gasteiger charge is 2.29. The molecule has 0 aliphatic heterocycles. The number of nitrogens with zero attached hydrogens (tertiary/aromatic N) is 1. The molecule has 1 N–H and O–H groups in total. The SMILES string of the molecule is CCOc1c(OC)ccnc1C(=O)N[C@@H](C)C(=O)O[C@@H](C)[C@H](Oc1cc(F)ccc1F)c1ccccc1. The summed E-state index contributed by atoms with van der Waals surface area (Å²) < 4.78 is 50.0. The molecule has 196 valence electrons. The molecule has 0 fully saturated rings. The van der Waals surface area contributed by atoms with Gasteiger partial charge in [0.25, 0.3) is 5.91 Å². The van der Waals surface area contributed by atoms with Gasteiger partial charge >= 0.3 is 5.97 Å². The fourth-order valence-electron chi connectivity index (χ4n) is 3.49. The van der Waals surface area contributed by atoms with Crippen LogP contribution in [-0.2, 0) is 9.53 Å². The zero-order valence-electron chi connectivity index (χ0n) is 20.9. The van der Waals surface area contributed by atoms with Crippen molar-refractivity contribution < 1.29 is 37.3 Å². The Morgan fingerprint density at radius 2 is 1.76 bits per heavy atom. The van der Waals surface area contributed by atoms with Gasteiger partial charge in [0.05, 0.1) is 13.7 Å². The van der Waals surface area contributed by atoms with Gasteiger partial charge < -0.3 is 24.3 Å². The largest absolute Gasteiger partial charge is 0.493 e. The molecular formula is C27H28F2N2O6. The Kier molecular flexibility index (Phi) is 9.37. The van der Waals surface area contributed by atoms with Crippen LogP contribution in [0.15, 0.2) is 60.8 Å². The number of carbonyl (C=O) groups excluding carboxylic acids is 2. The van der Waals surface area contributed by atoms with Crippen molar-refractivity contribution in [2.45, 2.75) is 39.0 Å². The van der Waals surface area contributed by atoms with Crippen molar-refractivity contribution in [3.63, 3.8) is 0 Å². The van der Waals surface area contributed by atoms with Crippen molar-refractivity contribution in [3.8, 4) is 17.2 Å². The molecule has 1 amide bonds. The molecule has 0 aliphatic rings. The smallest absolute Gasteiger partial charge is 0.328 e. The molecule has 37 heavy (non-hydrogen) atoms. The summed E-state index contributed by atoms with van der Waals surface area (Å²) in [5, 5.41) is 2.53. The Balaban J connectivity index is 1.75. The van der Waals surface area contributed by atoms with Crippen LogP contribution in [-0.4, -0.2) is 42.7 Å². The average molecular weight is 515 g/mol. The molecule has 0 unspecified atom stereocenters. The van der Waals surface area contributed by atoms with Crippen molar-refractivity contribution in [1.82, 2.24) is 10.3 Å². The molecule has 1 heterocycles. The highest BCUT2D eigenvalue weighted by molar-refractivity contribution is 5.98. The van der Waals surface area contributed by atoms with E-state index in [9.17, 15) is 18.4 Å². The number of methoxy groups -OCH3 is 1. The van der Waals surface area contributed by atoms with Crippen molar-refractivity contribution in [2.24, 2.45) is 0 Å². The van der Waals surface area contributed by atoms with Gasteiger partial charge in [0.2, 0.25) is 0 Å². The minimum atomic E-state index is -1.08. The lowest BCUT2D eigenvalue weighted by Crippen LogP contribution is -2.42. The zero-order chi connectivity index (χ0) is 26.9. The summed E-state index contributed by atoms with van der Waals surface area (Å²) in [5.41, 5.74) is 0.519. The van der Waals surface area contributed by atoms with E-state index in [1.165, 1.54) is 20.2 Å². The quantitative estimate of drug-likeness (QED) is 0.373. The maximum absolute atomic E-state index is 14.3. The Labute approximate surface area is 213 Å². The van der Waals surface area contributed by atoms with Crippen LogP contribution in [0.5, 0.6) is 17.2 Å². The molecule has 0 radical (unpaired) electrons. The number of benzene rings is 2. The number of hydrogen-bond donors (Lipinski definition) is 1. The van der Waals surface area contributed by atoms with E-state index in [4.69, 9.17) is 18.9 Å². The third-order valence-corrected chi connectivity index (χ3v) is 5.30. The minimum absolute atomic E-state index is 0.0547. The summed E-state index contributed by atoms with van der Waals surface area (Å²) >= 11 is 0. The molecule has 0 spiro atoms. The molecular weight excluding hydrogens is 486 g/mol. The van der Waals surface area contributed by atoms with E-state index in [1.807, 2.05) is 0 Å². The summed E-state index contributed by atoms with van der Waals surface area (Å²) in [6.45, 7) is 5.01. The minimum Gasteiger partial charge on any atom is -0.493 e. The second kappa shape index (κ2) is 12.7. The molecule has 1 aromatic heterocycles. The maximum atomic E-state index is 14.3. The van der Waals surface area contributed by atoms with Crippen LogP contribution >= 0.6 is 0 Å². The zero-order valence-corrected chi connectivity index (χ0v) is 20.9. The van der Waals surface area contributed by atoms with Crippen LogP contribution in [0.3, 0.4) is 0 Å². The molecule has 0 aliphatic carbocycles. The van der Waals surface area contributed by atoms with Gasteiger partial charge in [0.1, 0.15) is 18.0 Å². The molecule has 0 saturated heterocycles. The highest BCUT2D eigenvalue weighted by Crippen LogP contribution is 2.30. The summed E-state index contributed by atoms with van der Waals surface area (Å²) in [4.78, 5) is 29.8. The predicted octanol–water partition coefficient (Wildman–Crippen LogP) is 4.64. The lowest BCUT2D eigenvalue weighted by molar-refractivity contribution is -0.154. The fourth-order valence-corrected chi connectivity index (χ4v) is 3.49. The van der Waals surface area contributed by atoms with Crippen LogP contribution in [0.25, 0.3) is 0 Å². The van der Waals surface area contributed by atoms with Gasteiger partial charge in [-0.25, -0.2) is 18.6 Å². The summed E-state index contributed by atoms with van der Waals surface area (Å²) in [7, 11) is 1.43. The number of pyridine rings is 1. The van der Waals surface area contributed by atoms with E-state index in [-0.39, 0.29) is 23.8 Å². The molecule has 3 aromatic rings. The third-order valence-electron chi connectivity index (χ3n) is 5.30. The number of nitrogens with one attached hydrogen (secondary N) is 1. The van der Waals surface area contributed by atoms with Crippen LogP contribution in [0.1, 0.15) is 42.9 Å². The number of hydrogen-bond acceptors (Lipinski definition) is 7. The number of aromatic nitrogens is 1. The molecule has 8 nitrogen and oxygen atoms in total. The average Bonchev–Trinajstić information content (AvgIpc) is 2.89. The molecule has 0 saturated carbocycles. The van der Waals surface area contributed by atoms with Crippen molar-refractivity contribution >= 4 is 11.9 Å². The Morgan fingerprint density at radius 3 is 2.43 bits per heavy atom. The van der Waals surface area contributed by atoms with E-state index in [2.05, 4.69) is 10.3 Å². The first kappa shape index (κ1) is 27.4. The van der Waals surface area contributed by atoms with Gasteiger partial charge in [-0.2, -0.15) is 0 Å². The van der Waals surface area contributed by atoms with Crippen LogP contribution in [0.4, 0.5) is 8.78 Å². The van der Waals surface area contributed by atoms with Gasteiger partial charge in [0, 0.05) is 18.3 Å². The van der Waals surface area contributed by atoms with Gasteiger partial charge in [-0.05, 0) is 38.5 Å². The lowest BCUT2D eigenvalue weighted by atomic mass is 10.0. The first-order valence-corrected chi connectivity index (χ1v) is 11.6. The number of esters is 1. The monoisotopic (exact) mass is 514 g/mol. The highest BCUT2D eigenvalue weighted by atomic mass is 19.1. The van der Waals surface area contributed by atoms with Crippen LogP contribution in [0.2, 0.25) is 0 Å². The normalized spacial score (nSPS) is 13.1. The van der Waals surface area contributed by atoms with Crippen LogP contribution in [0, 0.1) is 11.6 Å². The van der Waals surface area contributed by atoms with E-state index in [1.54, 1.807) is 50.2 Å². The number of carbonyl (C=O) groups is 2. The van der Waals surface area contributed by atoms with Crippen molar-refractivity contribution in [2.75, 3.05) is 13.7 Å². The number of amides is 1. The molecule has 2 aromatic carbocycles. The van der Waals surface area contributed by atoms with Gasteiger partial charge in [-0.1, -0.05) is 30.3 Å². The Hall–Kier alpha value is -4.21. The predicted molar refractivity (Wildman–Crippen MR) is 131 cm³/mol. The summed E-state index contributed by atoms with van der Waals surface area (Å²) in [5.74, 6) is -2.75. The Bertz CT molecular complexity index is 1220. The van der Waals surface area contributed by atoms with E-state index >= 15 is 0 Å². The maximum Gasteiger partial charge on any atom is 0.328 e. The molecule has 10 heteroatoms. The second-order valence-electron chi connectivity index (χ2n) is 7.98. The molecule has 0 bridgehead atoms. The first-order chi connectivity index (χ1) is 17.7. The lowest BCUT2D eigenvalue weighted by Gasteiger charge is -2.27. The van der Waals surface area contributed by atoms with Gasteiger partial charge in [-0.3, -0.25) is 4.79 Å². The summed E-state index contributed by atoms with van der Waals surface area (Å²) in [6.07, 6.45) is -0.519. The fraction of sp³-hybridized carbons (Fsp3) is 0.296. The van der Waals surface area contributed by atoms with Crippen molar-refractivity contribution in [3.05, 3.63) is 83.7 Å². The van der Waals surface area contributed by atoms with Crippen LogP contribution < -0.4 is 19.5 Å². The van der Waals surface area contributed by atoms with E-state index in [0.717, 1.165) is 18.2 Å². The number of rotatable bonds is 11. The van der Waals surface area contributed by atoms with Crippen molar-refractivity contribution in [1.29, 1.82) is 0 Å².